The molecule has 0 aromatic rings. The standard InChI is InChI=1S/C6H10N2O3/c1-4(9)8(2)5-3-7-6(10)11-5/h5H,3H2,1-2H3,(H,7,10). The Labute approximate surface area is 64.3 Å². The normalized spacial score (nSPS) is 22.4. The van der Waals surface area contributed by atoms with Crippen molar-refractivity contribution in [2.45, 2.75) is 13.2 Å². The summed E-state index contributed by atoms with van der Waals surface area (Å²) in [5, 5.41) is 2.45. The van der Waals surface area contributed by atoms with Gasteiger partial charge in [0.15, 0.2) is 6.23 Å². The lowest BCUT2D eigenvalue weighted by Gasteiger charge is -2.19. The Hall–Kier alpha value is -1.26. The summed E-state index contributed by atoms with van der Waals surface area (Å²) in [6, 6.07) is 0. The molecule has 0 aliphatic carbocycles. The predicted octanol–water partition coefficient (Wildman–Crippen LogP) is -0.469. The molecule has 1 atom stereocenters. The quantitative estimate of drug-likeness (QED) is 0.561. The zero-order chi connectivity index (χ0) is 8.43. The van der Waals surface area contributed by atoms with Crippen LogP contribution in [0.1, 0.15) is 6.92 Å². The van der Waals surface area contributed by atoms with Crippen LogP contribution in [0.2, 0.25) is 0 Å². The molecule has 0 spiro atoms. The van der Waals surface area contributed by atoms with Gasteiger partial charge in [-0.3, -0.25) is 4.79 Å². The van der Waals surface area contributed by atoms with Gasteiger partial charge in [-0.25, -0.2) is 4.79 Å². The Morgan fingerprint density at radius 3 is 2.82 bits per heavy atom. The average molecular weight is 158 g/mol. The zero-order valence-electron chi connectivity index (χ0n) is 6.46. The summed E-state index contributed by atoms with van der Waals surface area (Å²) < 4.78 is 4.74. The number of likely N-dealkylation sites (N-methyl/N-ethyl adjacent to an activating group) is 1. The molecule has 1 saturated heterocycles. The fourth-order valence-corrected chi connectivity index (χ4v) is 0.796. The number of rotatable bonds is 1. The van der Waals surface area contributed by atoms with Gasteiger partial charge in [0, 0.05) is 14.0 Å². The van der Waals surface area contributed by atoms with Crippen LogP contribution < -0.4 is 5.32 Å². The number of nitrogens with one attached hydrogen (secondary N) is 1. The van der Waals surface area contributed by atoms with Crippen molar-refractivity contribution in [1.29, 1.82) is 0 Å². The fraction of sp³-hybridized carbons (Fsp3) is 0.667. The lowest BCUT2D eigenvalue weighted by Crippen LogP contribution is -2.37. The molecule has 5 heteroatoms. The minimum atomic E-state index is -0.469. The van der Waals surface area contributed by atoms with Crippen LogP contribution in [-0.4, -0.2) is 36.7 Å². The molecule has 5 nitrogen and oxygen atoms in total. The lowest BCUT2D eigenvalue weighted by atomic mass is 10.5. The summed E-state index contributed by atoms with van der Waals surface area (Å²) in [4.78, 5) is 22.6. The maximum absolute atomic E-state index is 10.7. The molecule has 62 valence electrons. The molecule has 1 aliphatic heterocycles. The molecule has 2 amide bonds. The topological polar surface area (TPSA) is 58.6 Å². The van der Waals surface area contributed by atoms with E-state index >= 15 is 0 Å². The number of amides is 2. The number of hydrogen-bond acceptors (Lipinski definition) is 3. The van der Waals surface area contributed by atoms with Gasteiger partial charge in [0.25, 0.3) is 0 Å². The number of nitrogens with zero attached hydrogens (tertiary/aromatic N) is 1. The summed E-state index contributed by atoms with van der Waals surface area (Å²) in [5.74, 6) is -0.119. The molecular weight excluding hydrogens is 148 g/mol. The van der Waals surface area contributed by atoms with E-state index in [0.29, 0.717) is 6.54 Å². The number of alkyl carbamates (subject to hydrolysis) is 1. The van der Waals surface area contributed by atoms with Gasteiger partial charge in [-0.1, -0.05) is 0 Å². The van der Waals surface area contributed by atoms with Crippen LogP contribution in [0.5, 0.6) is 0 Å². The molecule has 1 N–H and O–H groups in total. The Bertz CT molecular complexity index is 192. The van der Waals surface area contributed by atoms with Crippen LogP contribution in [-0.2, 0) is 9.53 Å². The molecular formula is C6H10N2O3. The summed E-state index contributed by atoms with van der Waals surface area (Å²) >= 11 is 0. The van der Waals surface area contributed by atoms with E-state index in [-0.39, 0.29) is 5.91 Å². The van der Waals surface area contributed by atoms with E-state index < -0.39 is 12.3 Å². The van der Waals surface area contributed by atoms with Gasteiger partial charge in [-0.05, 0) is 0 Å². The highest BCUT2D eigenvalue weighted by molar-refractivity contribution is 5.75. The van der Waals surface area contributed by atoms with Crippen LogP contribution in [0.25, 0.3) is 0 Å². The molecule has 1 fully saturated rings. The van der Waals surface area contributed by atoms with Gasteiger partial charge in [0.05, 0.1) is 6.54 Å². The van der Waals surface area contributed by atoms with E-state index in [4.69, 9.17) is 4.74 Å². The van der Waals surface area contributed by atoms with Crippen molar-refractivity contribution in [1.82, 2.24) is 10.2 Å². The molecule has 0 aromatic carbocycles. The van der Waals surface area contributed by atoms with Gasteiger partial charge in [0.2, 0.25) is 5.91 Å². The Morgan fingerprint density at radius 2 is 2.45 bits per heavy atom. The minimum Gasteiger partial charge on any atom is -0.423 e. The third-order valence-corrected chi connectivity index (χ3v) is 1.59. The summed E-state index contributed by atoms with van der Waals surface area (Å²) in [5.41, 5.74) is 0. The summed E-state index contributed by atoms with van der Waals surface area (Å²) in [6.07, 6.45) is -0.914. The highest BCUT2D eigenvalue weighted by atomic mass is 16.6. The van der Waals surface area contributed by atoms with Crippen LogP contribution >= 0.6 is 0 Å². The summed E-state index contributed by atoms with van der Waals surface area (Å²) in [6.45, 7) is 1.79. The van der Waals surface area contributed by atoms with Gasteiger partial charge < -0.3 is 15.0 Å². The number of carbonyl (C=O) groups excluding carboxylic acids is 2. The van der Waals surface area contributed by atoms with Crippen molar-refractivity contribution in [3.8, 4) is 0 Å². The number of carbonyl (C=O) groups is 2. The first-order valence-electron chi connectivity index (χ1n) is 3.29. The predicted molar refractivity (Wildman–Crippen MR) is 36.7 cm³/mol. The van der Waals surface area contributed by atoms with E-state index in [9.17, 15) is 9.59 Å². The van der Waals surface area contributed by atoms with Gasteiger partial charge in [-0.15, -0.1) is 0 Å². The van der Waals surface area contributed by atoms with Crippen molar-refractivity contribution in [2.24, 2.45) is 0 Å². The van der Waals surface area contributed by atoms with E-state index in [0.717, 1.165) is 0 Å². The second-order valence-corrected chi connectivity index (χ2v) is 2.37. The van der Waals surface area contributed by atoms with Crippen molar-refractivity contribution in [3.05, 3.63) is 0 Å². The first-order valence-corrected chi connectivity index (χ1v) is 3.29. The fourth-order valence-electron chi connectivity index (χ4n) is 0.796. The molecule has 1 rings (SSSR count). The second kappa shape index (κ2) is 2.77. The molecule has 11 heavy (non-hydrogen) atoms. The number of ether oxygens (including phenoxy) is 1. The van der Waals surface area contributed by atoms with Crippen LogP contribution in [0.4, 0.5) is 4.79 Å². The van der Waals surface area contributed by atoms with E-state index in [2.05, 4.69) is 5.32 Å². The van der Waals surface area contributed by atoms with Gasteiger partial charge >= 0.3 is 6.09 Å². The SMILES string of the molecule is CC(=O)N(C)C1CNC(=O)O1. The first kappa shape index (κ1) is 7.84. The van der Waals surface area contributed by atoms with Crippen LogP contribution in [0.3, 0.4) is 0 Å². The van der Waals surface area contributed by atoms with Crippen molar-refractivity contribution in [3.63, 3.8) is 0 Å². The smallest absolute Gasteiger partial charge is 0.409 e. The second-order valence-electron chi connectivity index (χ2n) is 2.37. The third kappa shape index (κ3) is 1.60. The Balaban J connectivity index is 2.49. The maximum atomic E-state index is 10.7. The van der Waals surface area contributed by atoms with E-state index in [1.54, 1.807) is 7.05 Å². The molecule has 0 bridgehead atoms. The molecule has 1 unspecified atom stereocenters. The lowest BCUT2D eigenvalue weighted by molar-refractivity contribution is -0.134. The first-order chi connectivity index (χ1) is 5.11. The summed E-state index contributed by atoms with van der Waals surface area (Å²) in [7, 11) is 1.59. The third-order valence-electron chi connectivity index (χ3n) is 1.59. The monoisotopic (exact) mass is 158 g/mol. The molecule has 0 aromatic heterocycles. The van der Waals surface area contributed by atoms with E-state index in [1.165, 1.54) is 11.8 Å². The number of hydrogen-bond donors (Lipinski definition) is 1. The maximum Gasteiger partial charge on any atom is 0.409 e. The van der Waals surface area contributed by atoms with Gasteiger partial charge in [-0.2, -0.15) is 0 Å². The Kier molecular flexibility index (Phi) is 1.98. The zero-order valence-corrected chi connectivity index (χ0v) is 6.46. The van der Waals surface area contributed by atoms with Crippen molar-refractivity contribution < 1.29 is 14.3 Å². The van der Waals surface area contributed by atoms with Gasteiger partial charge in [0.1, 0.15) is 0 Å². The molecule has 1 aliphatic rings. The highest BCUT2D eigenvalue weighted by Gasteiger charge is 2.27. The highest BCUT2D eigenvalue weighted by Crippen LogP contribution is 2.03. The minimum absolute atomic E-state index is 0.119. The van der Waals surface area contributed by atoms with Crippen molar-refractivity contribution in [2.75, 3.05) is 13.6 Å². The van der Waals surface area contributed by atoms with Crippen LogP contribution in [0, 0.1) is 0 Å². The van der Waals surface area contributed by atoms with E-state index in [1.807, 2.05) is 0 Å². The number of cyclic esters (lactones) is 1. The molecule has 0 radical (unpaired) electrons. The largest absolute Gasteiger partial charge is 0.423 e. The average Bonchev–Trinajstić information content (AvgIpc) is 2.34. The molecule has 1 heterocycles. The Morgan fingerprint density at radius 1 is 1.82 bits per heavy atom. The van der Waals surface area contributed by atoms with Crippen molar-refractivity contribution >= 4 is 12.0 Å². The molecule has 0 saturated carbocycles. The van der Waals surface area contributed by atoms with Crippen LogP contribution in [0.15, 0.2) is 0 Å².